The van der Waals surface area contributed by atoms with Gasteiger partial charge >= 0.3 is 6.09 Å². The number of anilines is 1. The Kier molecular flexibility index (Phi) is 4.51. The molecule has 2 amide bonds. The van der Waals surface area contributed by atoms with E-state index in [9.17, 15) is 9.59 Å². The summed E-state index contributed by atoms with van der Waals surface area (Å²) in [5.41, 5.74) is 4.63. The first-order chi connectivity index (χ1) is 11.6. The second-order valence-electron chi connectivity index (χ2n) is 5.95. The van der Waals surface area contributed by atoms with Crippen LogP contribution >= 0.6 is 0 Å². The van der Waals surface area contributed by atoms with Crippen molar-refractivity contribution in [2.45, 2.75) is 19.9 Å². The second-order valence-corrected chi connectivity index (χ2v) is 5.95. The molecule has 24 heavy (non-hydrogen) atoms. The van der Waals surface area contributed by atoms with Crippen LogP contribution in [0.2, 0.25) is 0 Å². The van der Waals surface area contributed by atoms with Crippen molar-refractivity contribution in [3.8, 4) is 0 Å². The first-order valence-corrected chi connectivity index (χ1v) is 7.89. The Bertz CT molecular complexity index is 786. The van der Waals surface area contributed by atoms with Crippen molar-refractivity contribution < 1.29 is 14.3 Å². The highest BCUT2D eigenvalue weighted by atomic mass is 16.5. The molecule has 0 atom stereocenters. The molecule has 0 radical (unpaired) electrons. The van der Waals surface area contributed by atoms with Crippen molar-refractivity contribution in [2.24, 2.45) is 0 Å². The van der Waals surface area contributed by atoms with Gasteiger partial charge in [0.15, 0.2) is 0 Å². The maximum Gasteiger partial charge on any atom is 0.409 e. The maximum atomic E-state index is 12.4. The van der Waals surface area contributed by atoms with Crippen LogP contribution in [-0.4, -0.2) is 30.6 Å². The number of aryl methyl sites for hydroxylation is 1. The zero-order chi connectivity index (χ0) is 17.1. The summed E-state index contributed by atoms with van der Waals surface area (Å²) in [6.07, 6.45) is 0.464. The van der Waals surface area contributed by atoms with E-state index in [0.717, 1.165) is 23.2 Å². The lowest BCUT2D eigenvalue weighted by molar-refractivity contribution is 0.102. The molecular formula is C19H20N2O3. The number of ether oxygens (including phenoxy) is 1. The van der Waals surface area contributed by atoms with Crippen LogP contribution in [0.4, 0.5) is 10.5 Å². The van der Waals surface area contributed by atoms with E-state index in [1.54, 1.807) is 11.0 Å². The molecular weight excluding hydrogens is 304 g/mol. The fourth-order valence-corrected chi connectivity index (χ4v) is 2.91. The summed E-state index contributed by atoms with van der Waals surface area (Å²) in [6, 6.07) is 13.3. The fourth-order valence-electron chi connectivity index (χ4n) is 2.91. The molecule has 124 valence electrons. The average Bonchev–Trinajstić information content (AvgIpc) is 2.60. The minimum atomic E-state index is -0.324. The number of nitrogens with zero attached hydrogens (tertiary/aromatic N) is 1. The lowest BCUT2D eigenvalue weighted by Crippen LogP contribution is -2.35. The molecule has 0 saturated heterocycles. The van der Waals surface area contributed by atoms with Gasteiger partial charge in [-0.3, -0.25) is 4.79 Å². The lowest BCUT2D eigenvalue weighted by Gasteiger charge is -2.28. The fraction of sp³-hybridized carbons (Fsp3) is 0.263. The van der Waals surface area contributed by atoms with E-state index in [-0.39, 0.29) is 12.0 Å². The zero-order valence-electron chi connectivity index (χ0n) is 13.8. The van der Waals surface area contributed by atoms with E-state index in [1.807, 2.05) is 43.3 Å². The van der Waals surface area contributed by atoms with Crippen LogP contribution in [-0.2, 0) is 17.7 Å². The van der Waals surface area contributed by atoms with Crippen molar-refractivity contribution in [1.29, 1.82) is 0 Å². The summed E-state index contributed by atoms with van der Waals surface area (Å²) in [5.74, 6) is -0.140. The zero-order valence-corrected chi connectivity index (χ0v) is 13.8. The van der Waals surface area contributed by atoms with Crippen LogP contribution in [0.25, 0.3) is 0 Å². The predicted octanol–water partition coefficient (Wildman–Crippen LogP) is 3.37. The third kappa shape index (κ3) is 3.40. The molecule has 3 rings (SSSR count). The van der Waals surface area contributed by atoms with Gasteiger partial charge in [0.25, 0.3) is 5.91 Å². The van der Waals surface area contributed by atoms with Gasteiger partial charge < -0.3 is 15.0 Å². The first-order valence-electron chi connectivity index (χ1n) is 7.89. The van der Waals surface area contributed by atoms with Crippen LogP contribution in [0.1, 0.15) is 27.0 Å². The molecule has 1 heterocycles. The van der Waals surface area contributed by atoms with Crippen molar-refractivity contribution in [1.82, 2.24) is 4.90 Å². The summed E-state index contributed by atoms with van der Waals surface area (Å²) in [6.45, 7) is 3.10. The SMILES string of the molecule is COC(=O)N1CCc2ccc(NC(=O)c3cccc(C)c3)cc2C1. The average molecular weight is 324 g/mol. The Hall–Kier alpha value is -2.82. The van der Waals surface area contributed by atoms with Gasteiger partial charge in [0.05, 0.1) is 7.11 Å². The highest BCUT2D eigenvalue weighted by molar-refractivity contribution is 6.04. The third-order valence-electron chi connectivity index (χ3n) is 4.19. The van der Waals surface area contributed by atoms with Crippen LogP contribution in [0.3, 0.4) is 0 Å². The van der Waals surface area contributed by atoms with Crippen molar-refractivity contribution in [3.05, 3.63) is 64.7 Å². The van der Waals surface area contributed by atoms with E-state index >= 15 is 0 Å². The Morgan fingerprint density at radius 3 is 2.71 bits per heavy atom. The number of hydrogen-bond acceptors (Lipinski definition) is 3. The van der Waals surface area contributed by atoms with E-state index in [4.69, 9.17) is 4.74 Å². The number of benzene rings is 2. The monoisotopic (exact) mass is 324 g/mol. The molecule has 0 unspecified atom stereocenters. The summed E-state index contributed by atoms with van der Waals surface area (Å²) in [4.78, 5) is 25.7. The van der Waals surface area contributed by atoms with Gasteiger partial charge in [-0.05, 0) is 48.7 Å². The molecule has 1 aliphatic rings. The number of carbonyl (C=O) groups is 2. The van der Waals surface area contributed by atoms with Crippen LogP contribution in [0, 0.1) is 6.92 Å². The number of fused-ring (bicyclic) bond motifs is 1. The van der Waals surface area contributed by atoms with Crippen LogP contribution in [0.5, 0.6) is 0 Å². The summed E-state index contributed by atoms with van der Waals surface area (Å²) >= 11 is 0. The van der Waals surface area contributed by atoms with Crippen LogP contribution < -0.4 is 5.32 Å². The predicted molar refractivity (Wildman–Crippen MR) is 92.1 cm³/mol. The molecule has 0 bridgehead atoms. The van der Waals surface area contributed by atoms with E-state index in [2.05, 4.69) is 5.32 Å². The standard InChI is InChI=1S/C19H20N2O3/c1-13-4-3-5-15(10-13)18(22)20-17-7-6-14-8-9-21(19(23)24-2)12-16(14)11-17/h3-7,10-11H,8-9,12H2,1-2H3,(H,20,22). The Balaban J connectivity index is 1.76. The minimum Gasteiger partial charge on any atom is -0.453 e. The van der Waals surface area contributed by atoms with Gasteiger partial charge in [0.2, 0.25) is 0 Å². The van der Waals surface area contributed by atoms with Gasteiger partial charge in [-0.1, -0.05) is 23.8 Å². The molecule has 2 aromatic rings. The molecule has 0 aliphatic carbocycles. The number of carbonyl (C=O) groups excluding carboxylic acids is 2. The Labute approximate surface area is 141 Å². The summed E-state index contributed by atoms with van der Waals surface area (Å²) in [7, 11) is 1.39. The number of rotatable bonds is 2. The number of nitrogens with one attached hydrogen (secondary N) is 1. The lowest BCUT2D eigenvalue weighted by atomic mass is 9.99. The topological polar surface area (TPSA) is 58.6 Å². The van der Waals surface area contributed by atoms with Crippen LogP contribution in [0.15, 0.2) is 42.5 Å². The highest BCUT2D eigenvalue weighted by Crippen LogP contribution is 2.23. The van der Waals surface area contributed by atoms with Gasteiger partial charge in [-0.25, -0.2) is 4.79 Å². The molecule has 5 heteroatoms. The number of methoxy groups -OCH3 is 1. The van der Waals surface area contributed by atoms with Gasteiger partial charge in [-0.15, -0.1) is 0 Å². The van der Waals surface area contributed by atoms with E-state index in [1.165, 1.54) is 12.7 Å². The molecule has 5 nitrogen and oxygen atoms in total. The van der Waals surface area contributed by atoms with E-state index in [0.29, 0.717) is 18.7 Å². The van der Waals surface area contributed by atoms with Crippen molar-refractivity contribution in [2.75, 3.05) is 19.0 Å². The van der Waals surface area contributed by atoms with Crippen molar-refractivity contribution in [3.63, 3.8) is 0 Å². The highest BCUT2D eigenvalue weighted by Gasteiger charge is 2.21. The molecule has 0 aromatic heterocycles. The minimum absolute atomic E-state index is 0.140. The second kappa shape index (κ2) is 6.74. The molecule has 0 spiro atoms. The van der Waals surface area contributed by atoms with Gasteiger partial charge in [-0.2, -0.15) is 0 Å². The normalized spacial score (nSPS) is 13.2. The Morgan fingerprint density at radius 1 is 1.12 bits per heavy atom. The Morgan fingerprint density at radius 2 is 1.96 bits per heavy atom. The molecule has 0 fully saturated rings. The third-order valence-corrected chi connectivity index (χ3v) is 4.19. The molecule has 2 aromatic carbocycles. The summed E-state index contributed by atoms with van der Waals surface area (Å²) in [5, 5.41) is 2.92. The molecule has 1 aliphatic heterocycles. The number of amides is 2. The quantitative estimate of drug-likeness (QED) is 0.921. The molecule has 1 N–H and O–H groups in total. The number of hydrogen-bond donors (Lipinski definition) is 1. The summed E-state index contributed by atoms with van der Waals surface area (Å²) < 4.78 is 4.79. The largest absolute Gasteiger partial charge is 0.453 e. The molecule has 0 saturated carbocycles. The maximum absolute atomic E-state index is 12.4. The van der Waals surface area contributed by atoms with Gasteiger partial charge in [0.1, 0.15) is 0 Å². The first kappa shape index (κ1) is 16.1. The smallest absolute Gasteiger partial charge is 0.409 e. The van der Waals surface area contributed by atoms with E-state index < -0.39 is 0 Å². The van der Waals surface area contributed by atoms with Crippen molar-refractivity contribution >= 4 is 17.7 Å². The van der Waals surface area contributed by atoms with Gasteiger partial charge in [0, 0.05) is 24.3 Å².